The van der Waals surface area contributed by atoms with Gasteiger partial charge >= 0.3 is 0 Å². The van der Waals surface area contributed by atoms with Crippen LogP contribution < -0.4 is 14.4 Å². The minimum atomic E-state index is -0.952. The molecule has 176 valence electrons. The highest BCUT2D eigenvalue weighted by atomic mass is 16.5. The Morgan fingerprint density at radius 1 is 1.00 bits per heavy atom. The fourth-order valence-electron chi connectivity index (χ4n) is 4.06. The number of aliphatic hydroxyl groups is 1. The van der Waals surface area contributed by atoms with Crippen LogP contribution in [0.5, 0.6) is 11.5 Å². The fraction of sp³-hybridized carbons (Fsp3) is 0.259. The van der Waals surface area contributed by atoms with Gasteiger partial charge in [0, 0.05) is 5.69 Å². The maximum absolute atomic E-state index is 13.3. The van der Waals surface area contributed by atoms with Gasteiger partial charge < -0.3 is 19.0 Å². The highest BCUT2D eigenvalue weighted by Gasteiger charge is 2.48. The molecule has 1 saturated heterocycles. The summed E-state index contributed by atoms with van der Waals surface area (Å²) in [6, 6.07) is 14.6. The van der Waals surface area contributed by atoms with Gasteiger partial charge in [0.1, 0.15) is 29.1 Å². The molecule has 1 aliphatic heterocycles. The van der Waals surface area contributed by atoms with E-state index in [-0.39, 0.29) is 16.7 Å². The molecule has 7 heteroatoms. The Morgan fingerprint density at radius 3 is 2.26 bits per heavy atom. The molecule has 3 aromatic rings. The lowest BCUT2D eigenvalue weighted by atomic mass is 9.85. The molecule has 1 amide bonds. The van der Waals surface area contributed by atoms with Crippen molar-refractivity contribution in [2.45, 2.75) is 32.2 Å². The van der Waals surface area contributed by atoms with E-state index >= 15 is 0 Å². The predicted molar refractivity (Wildman–Crippen MR) is 128 cm³/mol. The van der Waals surface area contributed by atoms with E-state index in [4.69, 9.17) is 13.9 Å². The van der Waals surface area contributed by atoms with Gasteiger partial charge in [-0.2, -0.15) is 0 Å². The maximum atomic E-state index is 13.3. The minimum Gasteiger partial charge on any atom is -0.507 e. The average molecular weight is 462 g/mol. The van der Waals surface area contributed by atoms with Gasteiger partial charge in [-0.3, -0.25) is 14.5 Å². The Kier molecular flexibility index (Phi) is 5.96. The number of benzene rings is 2. The smallest absolute Gasteiger partial charge is 0.300 e. The van der Waals surface area contributed by atoms with E-state index in [1.807, 2.05) is 26.8 Å². The second-order valence-corrected chi connectivity index (χ2v) is 9.05. The zero-order valence-corrected chi connectivity index (χ0v) is 19.8. The molecular formula is C27H27NO6. The van der Waals surface area contributed by atoms with Crippen LogP contribution in [0.3, 0.4) is 0 Å². The van der Waals surface area contributed by atoms with E-state index in [9.17, 15) is 14.7 Å². The standard InChI is InChI=1S/C27H27NO6/c1-27(2,3)16-8-13-20(33-5)19(15-16)24(29)22-23(21-7-6-14-34-21)28(26(31)25(22)30)17-9-11-18(32-4)12-10-17/h6-15,23,29H,1-5H3/b24-22+. The molecule has 34 heavy (non-hydrogen) atoms. The molecule has 0 aliphatic carbocycles. The van der Waals surface area contributed by atoms with E-state index in [0.717, 1.165) is 5.56 Å². The van der Waals surface area contributed by atoms with Gasteiger partial charge in [-0.05, 0) is 59.5 Å². The van der Waals surface area contributed by atoms with Crippen molar-refractivity contribution in [2.75, 3.05) is 19.1 Å². The Labute approximate surface area is 198 Å². The molecule has 2 heterocycles. The number of rotatable bonds is 5. The van der Waals surface area contributed by atoms with Gasteiger partial charge in [0.05, 0.1) is 31.6 Å². The number of methoxy groups -OCH3 is 2. The molecule has 1 unspecified atom stereocenters. The number of hydrogen-bond donors (Lipinski definition) is 1. The average Bonchev–Trinajstić information content (AvgIpc) is 3.44. The molecule has 0 spiro atoms. The van der Waals surface area contributed by atoms with Crippen molar-refractivity contribution in [2.24, 2.45) is 0 Å². The molecule has 1 aliphatic rings. The van der Waals surface area contributed by atoms with Crippen molar-refractivity contribution >= 4 is 23.1 Å². The Hall–Kier alpha value is -4.00. The summed E-state index contributed by atoms with van der Waals surface area (Å²) >= 11 is 0. The van der Waals surface area contributed by atoms with Crippen LogP contribution in [0.4, 0.5) is 5.69 Å². The van der Waals surface area contributed by atoms with Crippen LogP contribution in [0, 0.1) is 0 Å². The van der Waals surface area contributed by atoms with Crippen molar-refractivity contribution in [3.05, 3.63) is 83.3 Å². The summed E-state index contributed by atoms with van der Waals surface area (Å²) < 4.78 is 16.3. The van der Waals surface area contributed by atoms with E-state index in [1.54, 1.807) is 55.6 Å². The van der Waals surface area contributed by atoms with Crippen molar-refractivity contribution in [1.29, 1.82) is 0 Å². The second kappa shape index (κ2) is 8.74. The number of furan rings is 1. The quantitative estimate of drug-likeness (QED) is 0.318. The molecule has 7 nitrogen and oxygen atoms in total. The maximum Gasteiger partial charge on any atom is 0.300 e. The summed E-state index contributed by atoms with van der Waals surface area (Å²) in [6.07, 6.45) is 1.46. The first kappa shape index (κ1) is 23.2. The van der Waals surface area contributed by atoms with Gasteiger partial charge in [0.15, 0.2) is 0 Å². The number of nitrogens with zero attached hydrogens (tertiary/aromatic N) is 1. The van der Waals surface area contributed by atoms with E-state index in [1.165, 1.54) is 18.3 Å². The third-order valence-corrected chi connectivity index (χ3v) is 5.93. The van der Waals surface area contributed by atoms with Crippen LogP contribution in [0.25, 0.3) is 5.76 Å². The predicted octanol–water partition coefficient (Wildman–Crippen LogP) is 5.22. The van der Waals surface area contributed by atoms with Gasteiger partial charge in [0.2, 0.25) is 0 Å². The molecule has 1 N–H and O–H groups in total. The van der Waals surface area contributed by atoms with Gasteiger partial charge in [-0.1, -0.05) is 26.8 Å². The number of ketones is 1. The first-order chi connectivity index (χ1) is 16.2. The first-order valence-electron chi connectivity index (χ1n) is 10.8. The van der Waals surface area contributed by atoms with Crippen LogP contribution in [0.1, 0.15) is 43.7 Å². The Balaban J connectivity index is 1.94. The number of anilines is 1. The molecule has 0 saturated carbocycles. The fourth-order valence-corrected chi connectivity index (χ4v) is 4.06. The molecular weight excluding hydrogens is 434 g/mol. The lowest BCUT2D eigenvalue weighted by Gasteiger charge is -2.24. The zero-order chi connectivity index (χ0) is 24.6. The monoisotopic (exact) mass is 461 g/mol. The lowest BCUT2D eigenvalue weighted by Crippen LogP contribution is -2.29. The van der Waals surface area contributed by atoms with Gasteiger partial charge in [-0.15, -0.1) is 0 Å². The molecule has 0 radical (unpaired) electrons. The Bertz CT molecular complexity index is 1250. The number of carbonyl (C=O) groups is 2. The third kappa shape index (κ3) is 3.94. The van der Waals surface area contributed by atoms with Crippen LogP contribution in [-0.2, 0) is 15.0 Å². The zero-order valence-electron chi connectivity index (χ0n) is 19.8. The highest BCUT2D eigenvalue weighted by molar-refractivity contribution is 6.51. The SMILES string of the molecule is COc1ccc(N2C(=O)C(=O)/C(=C(/O)c3cc(C(C)(C)C)ccc3OC)C2c2ccco2)cc1. The summed E-state index contributed by atoms with van der Waals surface area (Å²) in [4.78, 5) is 27.8. The molecule has 4 rings (SSSR count). The van der Waals surface area contributed by atoms with Crippen LogP contribution in [0.15, 0.2) is 70.9 Å². The van der Waals surface area contributed by atoms with E-state index in [0.29, 0.717) is 28.5 Å². The summed E-state index contributed by atoms with van der Waals surface area (Å²) in [6.45, 7) is 6.14. The number of ether oxygens (including phenoxy) is 2. The van der Waals surface area contributed by atoms with E-state index < -0.39 is 17.7 Å². The lowest BCUT2D eigenvalue weighted by molar-refractivity contribution is -0.132. The van der Waals surface area contributed by atoms with Crippen LogP contribution in [-0.4, -0.2) is 31.0 Å². The third-order valence-electron chi connectivity index (χ3n) is 5.93. The topological polar surface area (TPSA) is 89.2 Å². The van der Waals surface area contributed by atoms with Crippen LogP contribution >= 0.6 is 0 Å². The number of amides is 1. The van der Waals surface area contributed by atoms with Gasteiger partial charge in [-0.25, -0.2) is 0 Å². The molecule has 2 aromatic carbocycles. The normalized spacial score (nSPS) is 17.8. The second-order valence-electron chi connectivity index (χ2n) is 9.05. The highest BCUT2D eigenvalue weighted by Crippen LogP contribution is 2.44. The number of aliphatic hydroxyl groups excluding tert-OH is 1. The van der Waals surface area contributed by atoms with Crippen molar-refractivity contribution < 1.29 is 28.6 Å². The Morgan fingerprint density at radius 2 is 1.71 bits per heavy atom. The van der Waals surface area contributed by atoms with Gasteiger partial charge in [0.25, 0.3) is 11.7 Å². The van der Waals surface area contributed by atoms with Crippen molar-refractivity contribution in [3.63, 3.8) is 0 Å². The summed E-state index contributed by atoms with van der Waals surface area (Å²) in [5.74, 6) is -0.545. The molecule has 0 bridgehead atoms. The number of Topliss-reactive ketones (excluding diaryl/α,β-unsaturated/α-hetero) is 1. The number of carbonyl (C=O) groups excluding carboxylic acids is 2. The molecule has 1 fully saturated rings. The number of hydrogen-bond acceptors (Lipinski definition) is 6. The van der Waals surface area contributed by atoms with Crippen molar-refractivity contribution in [3.8, 4) is 11.5 Å². The summed E-state index contributed by atoms with van der Waals surface area (Å²) in [5, 5.41) is 11.5. The van der Waals surface area contributed by atoms with E-state index in [2.05, 4.69) is 0 Å². The summed E-state index contributed by atoms with van der Waals surface area (Å²) in [7, 11) is 3.03. The van der Waals surface area contributed by atoms with Crippen molar-refractivity contribution in [1.82, 2.24) is 0 Å². The molecule has 1 atom stereocenters. The minimum absolute atomic E-state index is 0.0693. The van der Waals surface area contributed by atoms with Crippen LogP contribution in [0.2, 0.25) is 0 Å². The summed E-state index contributed by atoms with van der Waals surface area (Å²) in [5.41, 5.74) is 1.46. The molecule has 1 aromatic heterocycles. The first-order valence-corrected chi connectivity index (χ1v) is 10.8. The largest absolute Gasteiger partial charge is 0.507 e.